The van der Waals surface area contributed by atoms with E-state index in [9.17, 15) is 4.79 Å². The zero-order chi connectivity index (χ0) is 18.5. The molecule has 0 spiro atoms. The molecule has 1 aliphatic rings. The van der Waals surface area contributed by atoms with Gasteiger partial charge in [0.25, 0.3) is 5.56 Å². The van der Waals surface area contributed by atoms with Crippen LogP contribution in [-0.4, -0.2) is 16.7 Å². The van der Waals surface area contributed by atoms with Crippen LogP contribution in [0.3, 0.4) is 0 Å². The Morgan fingerprint density at radius 2 is 1.89 bits per heavy atom. The van der Waals surface area contributed by atoms with Crippen LogP contribution in [0.5, 0.6) is 5.75 Å². The molecule has 4 nitrogen and oxygen atoms in total. The van der Waals surface area contributed by atoms with Crippen LogP contribution in [-0.2, 0) is 12.8 Å². The normalized spacial score (nSPS) is 12.6. The number of thiophene rings is 1. The van der Waals surface area contributed by atoms with E-state index in [-0.39, 0.29) is 5.56 Å². The molecule has 134 valence electrons. The van der Waals surface area contributed by atoms with E-state index in [1.807, 2.05) is 30.3 Å². The average Bonchev–Trinajstić information content (AvgIpc) is 3.07. The van der Waals surface area contributed by atoms with Crippen molar-refractivity contribution in [3.05, 3.63) is 74.8 Å². The number of hydrogen-bond acceptors (Lipinski definition) is 4. The molecule has 0 atom stereocenters. The molecule has 6 heteroatoms. The molecular weight excluding hydrogens is 376 g/mol. The maximum absolute atomic E-state index is 13.5. The second-order valence-corrected chi connectivity index (χ2v) is 7.92. The van der Waals surface area contributed by atoms with Crippen molar-refractivity contribution in [2.75, 3.05) is 7.11 Å². The first-order valence-corrected chi connectivity index (χ1v) is 9.94. The summed E-state index contributed by atoms with van der Waals surface area (Å²) >= 11 is 7.15. The van der Waals surface area contributed by atoms with Gasteiger partial charge in [-0.15, -0.1) is 11.3 Å². The van der Waals surface area contributed by atoms with Gasteiger partial charge in [-0.3, -0.25) is 4.79 Å². The highest BCUT2D eigenvalue weighted by Crippen LogP contribution is 2.42. The molecule has 0 saturated carbocycles. The third-order valence-electron chi connectivity index (χ3n) is 5.08. The summed E-state index contributed by atoms with van der Waals surface area (Å²) in [6.45, 7) is 0. The Bertz CT molecular complexity index is 1310. The summed E-state index contributed by atoms with van der Waals surface area (Å²) in [6.07, 6.45) is 1.80. The van der Waals surface area contributed by atoms with Crippen LogP contribution in [0.4, 0.5) is 0 Å². The second kappa shape index (κ2) is 6.18. The first kappa shape index (κ1) is 16.5. The molecule has 1 aliphatic carbocycles. The molecule has 0 amide bonds. The number of nitrogens with zero attached hydrogens (tertiary/aromatic N) is 1. The van der Waals surface area contributed by atoms with Crippen LogP contribution in [0.25, 0.3) is 26.3 Å². The van der Waals surface area contributed by atoms with E-state index in [0.717, 1.165) is 28.6 Å². The second-order valence-electron chi connectivity index (χ2n) is 6.51. The fraction of sp³-hybridized carbons (Fsp3) is 0.143. The number of rotatable bonds is 2. The number of para-hydroxylation sites is 2. The first-order chi connectivity index (χ1) is 13.2. The topological polar surface area (TPSA) is 47.0 Å². The summed E-state index contributed by atoms with van der Waals surface area (Å²) < 4.78 is 7.37. The minimum atomic E-state index is -0.0878. The number of methoxy groups -OCH3 is 1. The van der Waals surface area contributed by atoms with E-state index in [2.05, 4.69) is 23.2 Å². The van der Waals surface area contributed by atoms with Gasteiger partial charge < -0.3 is 9.72 Å². The predicted molar refractivity (Wildman–Crippen MR) is 112 cm³/mol. The summed E-state index contributed by atoms with van der Waals surface area (Å²) in [5.74, 6) is 0.618. The number of fused-ring (bicyclic) bond motifs is 5. The summed E-state index contributed by atoms with van der Waals surface area (Å²) in [6, 6.07) is 15.9. The quantitative estimate of drug-likeness (QED) is 0.495. The Morgan fingerprint density at radius 1 is 1.11 bits per heavy atom. The first-order valence-electron chi connectivity index (χ1n) is 8.71. The maximum Gasteiger partial charge on any atom is 0.268 e. The van der Waals surface area contributed by atoms with Crippen molar-refractivity contribution in [1.29, 1.82) is 0 Å². The van der Waals surface area contributed by atoms with Gasteiger partial charge in [-0.25, -0.2) is 4.57 Å². The van der Waals surface area contributed by atoms with Crippen LogP contribution < -0.4 is 10.3 Å². The van der Waals surface area contributed by atoms with Crippen molar-refractivity contribution in [3.63, 3.8) is 0 Å². The van der Waals surface area contributed by atoms with E-state index < -0.39 is 0 Å². The number of benzene rings is 2. The lowest BCUT2D eigenvalue weighted by Crippen LogP contribution is -2.21. The summed E-state index contributed by atoms with van der Waals surface area (Å²) in [7, 11) is 1.60. The van der Waals surface area contributed by atoms with Gasteiger partial charge in [0, 0.05) is 4.88 Å². The Morgan fingerprint density at radius 3 is 2.74 bits per heavy atom. The lowest BCUT2D eigenvalue weighted by atomic mass is 9.90. The summed E-state index contributed by atoms with van der Waals surface area (Å²) in [4.78, 5) is 18.8. The molecule has 0 unspecified atom stereocenters. The van der Waals surface area contributed by atoms with Gasteiger partial charge in [0.1, 0.15) is 10.6 Å². The number of aromatic amines is 1. The van der Waals surface area contributed by atoms with Gasteiger partial charge in [-0.05, 0) is 53.9 Å². The van der Waals surface area contributed by atoms with Crippen molar-refractivity contribution in [1.82, 2.24) is 9.55 Å². The van der Waals surface area contributed by atoms with Gasteiger partial charge >= 0.3 is 0 Å². The predicted octanol–water partition coefficient (Wildman–Crippen LogP) is 4.88. The molecule has 27 heavy (non-hydrogen) atoms. The van der Waals surface area contributed by atoms with Gasteiger partial charge in [-0.1, -0.05) is 36.4 Å². The van der Waals surface area contributed by atoms with Gasteiger partial charge in [0.2, 0.25) is 0 Å². The lowest BCUT2D eigenvalue weighted by Gasteiger charge is -2.16. The number of aromatic nitrogens is 2. The molecule has 5 rings (SSSR count). The lowest BCUT2D eigenvalue weighted by molar-refractivity contribution is 0.412. The Kier molecular flexibility index (Phi) is 3.77. The third-order valence-corrected chi connectivity index (χ3v) is 6.55. The maximum atomic E-state index is 13.5. The minimum Gasteiger partial charge on any atom is -0.495 e. The number of aryl methyl sites for hydroxylation is 2. The molecule has 1 N–H and O–H groups in total. The fourth-order valence-electron chi connectivity index (χ4n) is 3.85. The average molecular weight is 393 g/mol. The van der Waals surface area contributed by atoms with Crippen molar-refractivity contribution in [2.24, 2.45) is 0 Å². The highest BCUT2D eigenvalue weighted by Gasteiger charge is 2.24. The monoisotopic (exact) mass is 392 g/mol. The Hall–Kier alpha value is -2.70. The summed E-state index contributed by atoms with van der Waals surface area (Å²) in [5.41, 5.74) is 4.25. The van der Waals surface area contributed by atoms with Crippen LogP contribution in [0.15, 0.2) is 53.3 Å². The van der Waals surface area contributed by atoms with Gasteiger partial charge in [0.05, 0.1) is 18.2 Å². The van der Waals surface area contributed by atoms with E-state index >= 15 is 0 Å². The molecule has 0 bridgehead atoms. The molecule has 4 aromatic rings. The molecule has 0 fully saturated rings. The van der Waals surface area contributed by atoms with E-state index in [1.165, 1.54) is 16.0 Å². The van der Waals surface area contributed by atoms with Gasteiger partial charge in [-0.2, -0.15) is 0 Å². The van der Waals surface area contributed by atoms with Gasteiger partial charge in [0.15, 0.2) is 4.77 Å². The van der Waals surface area contributed by atoms with Crippen LogP contribution in [0, 0.1) is 4.77 Å². The van der Waals surface area contributed by atoms with Crippen LogP contribution >= 0.6 is 23.6 Å². The highest BCUT2D eigenvalue weighted by atomic mass is 32.1. The van der Waals surface area contributed by atoms with Crippen molar-refractivity contribution < 1.29 is 4.74 Å². The zero-order valence-corrected chi connectivity index (χ0v) is 16.2. The smallest absolute Gasteiger partial charge is 0.268 e. The highest BCUT2D eigenvalue weighted by molar-refractivity contribution is 7.71. The molecule has 0 aliphatic heterocycles. The molecule has 2 aromatic heterocycles. The standard InChI is InChI=1S/C21H16N2O2S2/c1-25-16-9-5-4-8-15(16)23-20(24)17-14-11-10-12-6-2-3-7-13(12)18(14)27-19(17)22-21(23)26/h2-9H,10-11H2,1H3,(H,22,26). The minimum absolute atomic E-state index is 0.0878. The summed E-state index contributed by atoms with van der Waals surface area (Å²) in [5, 5.41) is 0.740. The largest absolute Gasteiger partial charge is 0.495 e. The number of hydrogen-bond donors (Lipinski definition) is 1. The molecule has 2 heterocycles. The molecular formula is C21H16N2O2S2. The number of H-pyrrole nitrogens is 1. The molecule has 0 saturated heterocycles. The SMILES string of the molecule is COc1ccccc1-n1c(=S)[nH]c2sc3c(c2c1=O)CCc1ccccc1-3. The zero-order valence-electron chi connectivity index (χ0n) is 14.6. The van der Waals surface area contributed by atoms with E-state index in [1.54, 1.807) is 23.0 Å². The number of ether oxygens (including phenoxy) is 1. The van der Waals surface area contributed by atoms with E-state index in [0.29, 0.717) is 16.2 Å². The number of nitrogens with one attached hydrogen (secondary N) is 1. The van der Waals surface area contributed by atoms with Crippen molar-refractivity contribution in [2.45, 2.75) is 12.8 Å². The molecule has 0 radical (unpaired) electrons. The van der Waals surface area contributed by atoms with Crippen molar-refractivity contribution in [3.8, 4) is 21.9 Å². The van der Waals surface area contributed by atoms with Crippen LogP contribution in [0.1, 0.15) is 11.1 Å². The van der Waals surface area contributed by atoms with E-state index in [4.69, 9.17) is 17.0 Å². The molecule has 2 aromatic carbocycles. The third kappa shape index (κ3) is 2.40. The van der Waals surface area contributed by atoms with Crippen molar-refractivity contribution >= 4 is 33.8 Å². The van der Waals surface area contributed by atoms with Crippen LogP contribution in [0.2, 0.25) is 0 Å². The Labute approximate surface area is 164 Å². The fourth-order valence-corrected chi connectivity index (χ4v) is 5.49. The Balaban J connectivity index is 1.86.